The van der Waals surface area contributed by atoms with Gasteiger partial charge in [0.15, 0.2) is 16.9 Å². The summed E-state index contributed by atoms with van der Waals surface area (Å²) in [7, 11) is 4.47. The fraction of sp³-hybridized carbons (Fsp3) is 0.125. The molecule has 0 aliphatic heterocycles. The Kier molecular flexibility index (Phi) is 5.30. The van der Waals surface area contributed by atoms with Crippen LogP contribution in [-0.2, 0) is 0 Å². The van der Waals surface area contributed by atoms with Crippen LogP contribution in [0.4, 0.5) is 0 Å². The molecule has 0 N–H and O–H groups in total. The lowest BCUT2D eigenvalue weighted by Gasteiger charge is -2.14. The summed E-state index contributed by atoms with van der Waals surface area (Å²) in [6, 6.07) is 19.9. The van der Waals surface area contributed by atoms with Crippen molar-refractivity contribution in [2.45, 2.75) is 0 Å². The molecule has 0 spiro atoms. The third-order valence-corrected chi connectivity index (χ3v) is 4.64. The molecule has 152 valence electrons. The maximum atomic E-state index is 12.9. The number of methoxy groups -OCH3 is 3. The quantitative estimate of drug-likeness (QED) is 0.436. The summed E-state index contributed by atoms with van der Waals surface area (Å²) in [5.41, 5.74) is 0.841. The lowest BCUT2D eigenvalue weighted by atomic mass is 10.1. The molecule has 0 aliphatic carbocycles. The minimum atomic E-state index is -0.242. The zero-order valence-electron chi connectivity index (χ0n) is 16.8. The highest BCUT2D eigenvalue weighted by molar-refractivity contribution is 5.90. The van der Waals surface area contributed by atoms with Crippen molar-refractivity contribution in [3.63, 3.8) is 0 Å². The van der Waals surface area contributed by atoms with E-state index in [0.717, 1.165) is 11.3 Å². The number of fused-ring (bicyclic) bond motifs is 1. The molecule has 0 saturated carbocycles. The van der Waals surface area contributed by atoms with E-state index in [-0.39, 0.29) is 11.2 Å². The molecule has 1 aromatic heterocycles. The second-order valence-electron chi connectivity index (χ2n) is 6.43. The van der Waals surface area contributed by atoms with Crippen molar-refractivity contribution in [1.29, 1.82) is 0 Å². The van der Waals surface area contributed by atoms with E-state index in [1.807, 2.05) is 54.6 Å². The third kappa shape index (κ3) is 3.55. The molecule has 0 radical (unpaired) electrons. The molecule has 3 aromatic carbocycles. The highest BCUT2D eigenvalue weighted by Crippen LogP contribution is 2.42. The van der Waals surface area contributed by atoms with Crippen molar-refractivity contribution in [1.82, 2.24) is 0 Å². The number of rotatable bonds is 6. The zero-order chi connectivity index (χ0) is 21.1. The highest BCUT2D eigenvalue weighted by Gasteiger charge is 2.20. The minimum Gasteiger partial charge on any atom is -0.493 e. The van der Waals surface area contributed by atoms with Gasteiger partial charge in [-0.15, -0.1) is 0 Å². The first-order valence-corrected chi connectivity index (χ1v) is 9.24. The molecule has 0 atom stereocenters. The monoisotopic (exact) mass is 404 g/mol. The summed E-state index contributed by atoms with van der Waals surface area (Å²) in [6.45, 7) is 0. The van der Waals surface area contributed by atoms with Crippen LogP contribution in [-0.4, -0.2) is 21.3 Å². The van der Waals surface area contributed by atoms with Crippen LogP contribution in [0.3, 0.4) is 0 Å². The molecule has 4 aromatic rings. The Morgan fingerprint density at radius 1 is 0.733 bits per heavy atom. The van der Waals surface area contributed by atoms with Gasteiger partial charge in [0.05, 0.1) is 21.3 Å². The van der Waals surface area contributed by atoms with Crippen LogP contribution in [0.25, 0.3) is 22.3 Å². The Balaban J connectivity index is 1.75. The first-order valence-electron chi connectivity index (χ1n) is 9.24. The van der Waals surface area contributed by atoms with E-state index in [1.54, 1.807) is 6.07 Å². The molecule has 6 heteroatoms. The molecule has 0 unspecified atom stereocenters. The van der Waals surface area contributed by atoms with Crippen LogP contribution in [0.5, 0.6) is 28.7 Å². The van der Waals surface area contributed by atoms with E-state index in [0.29, 0.717) is 34.0 Å². The van der Waals surface area contributed by atoms with Crippen molar-refractivity contribution < 1.29 is 23.4 Å². The van der Waals surface area contributed by atoms with Crippen LogP contribution in [0.15, 0.2) is 75.9 Å². The largest absolute Gasteiger partial charge is 0.493 e. The second-order valence-corrected chi connectivity index (χ2v) is 6.43. The summed E-state index contributed by atoms with van der Waals surface area (Å²) in [5, 5.41) is 0.294. The maximum absolute atomic E-state index is 12.9. The summed E-state index contributed by atoms with van der Waals surface area (Å²) in [5.74, 6) is 2.88. The topological polar surface area (TPSA) is 67.1 Å². The molecule has 0 aliphatic rings. The molecule has 0 amide bonds. The second kappa shape index (κ2) is 8.21. The Labute approximate surface area is 173 Å². The summed E-state index contributed by atoms with van der Waals surface area (Å²) < 4.78 is 27.9. The summed E-state index contributed by atoms with van der Waals surface area (Å²) in [6.07, 6.45) is 0. The molecule has 1 heterocycles. The number of benzene rings is 3. The molecule has 0 saturated heterocycles. The Bertz CT molecular complexity index is 1230. The van der Waals surface area contributed by atoms with Gasteiger partial charge in [0, 0.05) is 17.7 Å². The van der Waals surface area contributed by atoms with E-state index in [2.05, 4.69) is 0 Å². The Hall–Kier alpha value is -3.93. The van der Waals surface area contributed by atoms with E-state index in [1.165, 1.54) is 27.4 Å². The minimum absolute atomic E-state index is 0.242. The van der Waals surface area contributed by atoms with Gasteiger partial charge in [0.2, 0.25) is 5.75 Å². The summed E-state index contributed by atoms with van der Waals surface area (Å²) in [4.78, 5) is 12.9. The van der Waals surface area contributed by atoms with Crippen molar-refractivity contribution in [2.24, 2.45) is 0 Å². The van der Waals surface area contributed by atoms with Gasteiger partial charge < -0.3 is 23.4 Å². The van der Waals surface area contributed by atoms with Crippen molar-refractivity contribution in [2.75, 3.05) is 21.3 Å². The van der Waals surface area contributed by atoms with E-state index in [9.17, 15) is 4.79 Å². The lowest BCUT2D eigenvalue weighted by Crippen LogP contribution is -2.05. The van der Waals surface area contributed by atoms with E-state index in [4.69, 9.17) is 23.4 Å². The molecule has 4 rings (SSSR count). The fourth-order valence-electron chi connectivity index (χ4n) is 3.24. The van der Waals surface area contributed by atoms with Gasteiger partial charge >= 0.3 is 0 Å². The van der Waals surface area contributed by atoms with Gasteiger partial charge in [-0.05, 0) is 36.4 Å². The first-order chi connectivity index (χ1) is 14.6. The van der Waals surface area contributed by atoms with Crippen LogP contribution >= 0.6 is 0 Å². The van der Waals surface area contributed by atoms with Gasteiger partial charge in [0.25, 0.3) is 0 Å². The molecule has 0 bridgehead atoms. The predicted octanol–water partition coefficient (Wildman–Crippen LogP) is 5.28. The van der Waals surface area contributed by atoms with Crippen LogP contribution < -0.4 is 24.4 Å². The number of hydrogen-bond acceptors (Lipinski definition) is 6. The van der Waals surface area contributed by atoms with Crippen molar-refractivity contribution in [3.8, 4) is 40.1 Å². The third-order valence-electron chi connectivity index (χ3n) is 4.64. The smallest absolute Gasteiger partial charge is 0.204 e. The van der Waals surface area contributed by atoms with Gasteiger partial charge in [-0.1, -0.05) is 18.2 Å². The number of hydrogen-bond donors (Lipinski definition) is 0. The molecule has 6 nitrogen and oxygen atoms in total. The molecular formula is C24H20O6. The van der Waals surface area contributed by atoms with Crippen molar-refractivity contribution in [3.05, 3.63) is 77.0 Å². The Morgan fingerprint density at radius 2 is 1.40 bits per heavy atom. The maximum Gasteiger partial charge on any atom is 0.204 e. The molecular weight excluding hydrogens is 384 g/mol. The van der Waals surface area contributed by atoms with Crippen LogP contribution in [0.2, 0.25) is 0 Å². The van der Waals surface area contributed by atoms with Gasteiger partial charge in [-0.25, -0.2) is 0 Å². The summed E-state index contributed by atoms with van der Waals surface area (Å²) >= 11 is 0. The average Bonchev–Trinajstić information content (AvgIpc) is 2.78. The average molecular weight is 404 g/mol. The van der Waals surface area contributed by atoms with E-state index < -0.39 is 0 Å². The standard InChI is InChI=1S/C24H20O6/c1-26-21-14-20-22(24(28-3)23(21)27-2)18(25)13-19(30-20)15-9-11-17(12-10-15)29-16-7-5-4-6-8-16/h4-14H,1-3H3. The van der Waals surface area contributed by atoms with Crippen LogP contribution in [0, 0.1) is 0 Å². The molecule has 0 fully saturated rings. The van der Waals surface area contributed by atoms with Crippen molar-refractivity contribution >= 4 is 11.0 Å². The first kappa shape index (κ1) is 19.4. The highest BCUT2D eigenvalue weighted by atomic mass is 16.5. The normalized spacial score (nSPS) is 10.6. The fourth-order valence-corrected chi connectivity index (χ4v) is 3.24. The predicted molar refractivity (Wildman–Crippen MR) is 114 cm³/mol. The lowest BCUT2D eigenvalue weighted by molar-refractivity contribution is 0.326. The molecule has 30 heavy (non-hydrogen) atoms. The number of ether oxygens (including phenoxy) is 4. The van der Waals surface area contributed by atoms with Gasteiger partial charge in [-0.2, -0.15) is 0 Å². The SMILES string of the molecule is COc1cc2oc(-c3ccc(Oc4ccccc4)cc3)cc(=O)c2c(OC)c1OC. The van der Waals surface area contributed by atoms with Gasteiger partial charge in [0.1, 0.15) is 28.2 Å². The Morgan fingerprint density at radius 3 is 2.03 bits per heavy atom. The van der Waals surface area contributed by atoms with E-state index >= 15 is 0 Å². The number of para-hydroxylation sites is 1. The van der Waals surface area contributed by atoms with Crippen LogP contribution in [0.1, 0.15) is 0 Å². The van der Waals surface area contributed by atoms with Gasteiger partial charge in [-0.3, -0.25) is 4.79 Å². The zero-order valence-corrected chi connectivity index (χ0v) is 16.8.